The normalized spacial score (nSPS) is 15.1. The summed E-state index contributed by atoms with van der Waals surface area (Å²) in [7, 11) is 1.76. The number of piperazine rings is 1. The molecule has 1 aromatic heterocycles. The SMILES string of the molecule is Cc1ccc2c(c1)c(=O)c(C(=O)N1CCN(Cc3ccc(Cl)cc3)CC1)nn2C. The molecule has 1 aliphatic rings. The van der Waals surface area contributed by atoms with Crippen molar-refractivity contribution in [3.05, 3.63) is 74.5 Å². The fraction of sp³-hybridized carbons (Fsp3) is 0.318. The predicted molar refractivity (Wildman–Crippen MR) is 114 cm³/mol. The van der Waals surface area contributed by atoms with E-state index in [0.29, 0.717) is 18.5 Å². The summed E-state index contributed by atoms with van der Waals surface area (Å²) < 4.78 is 1.61. The number of aromatic nitrogens is 2. The maximum absolute atomic E-state index is 13.0. The van der Waals surface area contributed by atoms with E-state index in [-0.39, 0.29) is 17.0 Å². The van der Waals surface area contributed by atoms with Crippen LogP contribution < -0.4 is 5.43 Å². The summed E-state index contributed by atoms with van der Waals surface area (Å²) >= 11 is 5.94. The molecule has 1 fully saturated rings. The van der Waals surface area contributed by atoms with Gasteiger partial charge in [0.25, 0.3) is 5.91 Å². The Morgan fingerprint density at radius 1 is 1.07 bits per heavy atom. The highest BCUT2D eigenvalue weighted by Gasteiger charge is 2.26. The molecule has 0 aliphatic carbocycles. The fourth-order valence-electron chi connectivity index (χ4n) is 3.74. The molecular weight excluding hydrogens is 388 g/mol. The number of carbonyl (C=O) groups is 1. The molecule has 2 aromatic carbocycles. The standard InChI is InChI=1S/C22H23ClN4O2/c1-15-3-8-19-18(13-15)21(28)20(24-25(19)2)22(29)27-11-9-26(10-12-27)14-16-4-6-17(23)7-5-16/h3-8,13H,9-12,14H2,1-2H3. The second-order valence-corrected chi connectivity index (χ2v) is 7.95. The molecule has 7 heteroatoms. The lowest BCUT2D eigenvalue weighted by molar-refractivity contribution is 0.0619. The molecule has 0 unspecified atom stereocenters. The molecule has 6 nitrogen and oxygen atoms in total. The average molecular weight is 411 g/mol. The molecule has 3 aromatic rings. The third kappa shape index (κ3) is 4.04. The van der Waals surface area contributed by atoms with Crippen LogP contribution in [0.3, 0.4) is 0 Å². The quantitative estimate of drug-likeness (QED) is 0.666. The molecule has 1 amide bonds. The van der Waals surface area contributed by atoms with Crippen molar-refractivity contribution in [2.45, 2.75) is 13.5 Å². The largest absolute Gasteiger partial charge is 0.335 e. The van der Waals surface area contributed by atoms with E-state index in [4.69, 9.17) is 11.6 Å². The van der Waals surface area contributed by atoms with Gasteiger partial charge in [0.1, 0.15) is 0 Å². The summed E-state index contributed by atoms with van der Waals surface area (Å²) in [6.07, 6.45) is 0. The van der Waals surface area contributed by atoms with Crippen molar-refractivity contribution >= 4 is 28.4 Å². The van der Waals surface area contributed by atoms with Crippen LogP contribution in [0.25, 0.3) is 10.9 Å². The third-order valence-electron chi connectivity index (χ3n) is 5.39. The molecule has 0 saturated carbocycles. The lowest BCUT2D eigenvalue weighted by Gasteiger charge is -2.34. The zero-order valence-electron chi connectivity index (χ0n) is 16.6. The van der Waals surface area contributed by atoms with Gasteiger partial charge in [-0.15, -0.1) is 0 Å². The summed E-state index contributed by atoms with van der Waals surface area (Å²) in [4.78, 5) is 29.9. The molecule has 0 atom stereocenters. The molecule has 0 radical (unpaired) electrons. The first-order valence-corrected chi connectivity index (χ1v) is 10.0. The molecule has 1 saturated heterocycles. The smallest absolute Gasteiger partial charge is 0.278 e. The predicted octanol–water partition coefficient (Wildman–Crippen LogP) is 2.85. The lowest BCUT2D eigenvalue weighted by atomic mass is 10.1. The highest BCUT2D eigenvalue weighted by molar-refractivity contribution is 6.30. The Labute approximate surface area is 174 Å². The number of carbonyl (C=O) groups excluding carboxylic acids is 1. The van der Waals surface area contributed by atoms with Gasteiger partial charge >= 0.3 is 0 Å². The number of hydrogen-bond acceptors (Lipinski definition) is 4. The van der Waals surface area contributed by atoms with Crippen LogP contribution in [-0.4, -0.2) is 51.7 Å². The fourth-order valence-corrected chi connectivity index (χ4v) is 3.86. The van der Waals surface area contributed by atoms with Crippen molar-refractivity contribution in [2.75, 3.05) is 26.2 Å². The summed E-state index contributed by atoms with van der Waals surface area (Å²) in [5.74, 6) is -0.292. The third-order valence-corrected chi connectivity index (χ3v) is 5.64. The Morgan fingerprint density at radius 3 is 2.45 bits per heavy atom. The van der Waals surface area contributed by atoms with Crippen LogP contribution in [0.15, 0.2) is 47.3 Å². The van der Waals surface area contributed by atoms with Crippen molar-refractivity contribution in [3.63, 3.8) is 0 Å². The summed E-state index contributed by atoms with van der Waals surface area (Å²) in [6.45, 7) is 5.39. The van der Waals surface area contributed by atoms with Crippen LogP contribution in [0.5, 0.6) is 0 Å². The maximum atomic E-state index is 13.0. The van der Waals surface area contributed by atoms with Gasteiger partial charge in [0.05, 0.1) is 10.9 Å². The highest BCUT2D eigenvalue weighted by atomic mass is 35.5. The zero-order chi connectivity index (χ0) is 20.5. The van der Waals surface area contributed by atoms with Crippen molar-refractivity contribution in [1.82, 2.24) is 19.6 Å². The number of aryl methyl sites for hydroxylation is 2. The van der Waals surface area contributed by atoms with Gasteiger partial charge in [0.2, 0.25) is 5.43 Å². The Bertz CT molecular complexity index is 1120. The minimum atomic E-state index is -0.296. The zero-order valence-corrected chi connectivity index (χ0v) is 17.3. The first-order chi connectivity index (χ1) is 13.9. The van der Waals surface area contributed by atoms with Crippen LogP contribution in [0.1, 0.15) is 21.6 Å². The van der Waals surface area contributed by atoms with Crippen molar-refractivity contribution < 1.29 is 4.79 Å². The Morgan fingerprint density at radius 2 is 1.76 bits per heavy atom. The van der Waals surface area contributed by atoms with E-state index in [2.05, 4.69) is 10.00 Å². The van der Waals surface area contributed by atoms with Gasteiger partial charge in [0.15, 0.2) is 5.69 Å². The van der Waals surface area contributed by atoms with Crippen LogP contribution in [0, 0.1) is 6.92 Å². The van der Waals surface area contributed by atoms with Crippen LogP contribution in [0.2, 0.25) is 5.02 Å². The van der Waals surface area contributed by atoms with E-state index in [9.17, 15) is 9.59 Å². The molecule has 2 heterocycles. The number of benzene rings is 2. The summed E-state index contributed by atoms with van der Waals surface area (Å²) in [5.41, 5.74) is 2.60. The van der Waals surface area contributed by atoms with Crippen LogP contribution >= 0.6 is 11.6 Å². The van der Waals surface area contributed by atoms with E-state index in [0.717, 1.165) is 35.7 Å². The minimum absolute atomic E-state index is 0.00301. The highest BCUT2D eigenvalue weighted by Crippen LogP contribution is 2.15. The number of fused-ring (bicyclic) bond motifs is 1. The molecule has 0 spiro atoms. The monoisotopic (exact) mass is 410 g/mol. The Hall–Kier alpha value is -2.70. The Balaban J connectivity index is 1.49. The molecule has 0 N–H and O–H groups in total. The number of amides is 1. The van der Waals surface area contributed by atoms with Gasteiger partial charge in [-0.3, -0.25) is 19.2 Å². The summed E-state index contributed by atoms with van der Waals surface area (Å²) in [5, 5.41) is 5.55. The topological polar surface area (TPSA) is 58.4 Å². The van der Waals surface area contributed by atoms with Gasteiger partial charge in [-0.2, -0.15) is 5.10 Å². The molecule has 150 valence electrons. The molecule has 1 aliphatic heterocycles. The maximum Gasteiger partial charge on any atom is 0.278 e. The average Bonchev–Trinajstić information content (AvgIpc) is 2.72. The van der Waals surface area contributed by atoms with Crippen molar-refractivity contribution in [1.29, 1.82) is 0 Å². The lowest BCUT2D eigenvalue weighted by Crippen LogP contribution is -2.49. The van der Waals surface area contributed by atoms with Crippen molar-refractivity contribution in [3.8, 4) is 0 Å². The second-order valence-electron chi connectivity index (χ2n) is 7.52. The molecule has 29 heavy (non-hydrogen) atoms. The van der Waals surface area contributed by atoms with Gasteiger partial charge < -0.3 is 4.90 Å². The van der Waals surface area contributed by atoms with Gasteiger partial charge in [-0.1, -0.05) is 35.4 Å². The number of rotatable bonds is 3. The molecule has 0 bridgehead atoms. The van der Waals surface area contributed by atoms with Gasteiger partial charge in [-0.25, -0.2) is 0 Å². The number of hydrogen-bond donors (Lipinski definition) is 0. The number of nitrogens with zero attached hydrogens (tertiary/aromatic N) is 4. The van der Waals surface area contributed by atoms with E-state index in [1.165, 1.54) is 5.56 Å². The Kier molecular flexibility index (Phi) is 5.39. The first kappa shape index (κ1) is 19.6. The molecular formula is C22H23ClN4O2. The van der Waals surface area contributed by atoms with E-state index >= 15 is 0 Å². The minimum Gasteiger partial charge on any atom is -0.335 e. The molecule has 4 rings (SSSR count). The number of halogens is 1. The van der Waals surface area contributed by atoms with Crippen LogP contribution in [-0.2, 0) is 13.6 Å². The summed E-state index contributed by atoms with van der Waals surface area (Å²) in [6, 6.07) is 13.4. The van der Waals surface area contributed by atoms with Gasteiger partial charge in [0, 0.05) is 44.8 Å². The first-order valence-electron chi connectivity index (χ1n) is 9.66. The van der Waals surface area contributed by atoms with Crippen molar-refractivity contribution in [2.24, 2.45) is 7.05 Å². The second kappa shape index (κ2) is 7.97. The van der Waals surface area contributed by atoms with E-state index < -0.39 is 0 Å². The van der Waals surface area contributed by atoms with E-state index in [1.54, 1.807) is 16.6 Å². The van der Waals surface area contributed by atoms with E-state index in [1.807, 2.05) is 49.4 Å². The van der Waals surface area contributed by atoms with Gasteiger partial charge in [-0.05, 0) is 36.8 Å². The van der Waals surface area contributed by atoms with Crippen LogP contribution in [0.4, 0.5) is 0 Å².